The highest BCUT2D eigenvalue weighted by atomic mass is 32.2. The van der Waals surface area contributed by atoms with Crippen molar-refractivity contribution in [3.05, 3.63) is 35.5 Å². The molecule has 8 nitrogen and oxygen atoms in total. The molecule has 9 heteroatoms. The average Bonchev–Trinajstić information content (AvgIpc) is 2.98. The summed E-state index contributed by atoms with van der Waals surface area (Å²) in [4.78, 5) is 11.9. The number of aromatic nitrogens is 2. The first-order valence-electron chi connectivity index (χ1n) is 9.78. The molecular weight excluding hydrogens is 392 g/mol. The molecular formula is C20H26N4O4S. The standard InChI is InChI=1S/C20H26N4O4S/c1-27-16-5-3-15(4-6-16)19-21-18-8-14-28-13-7-17(18)20(22-19)23-9-11-24(12-10-23)29(2,25)26/h3-6H,7-14H2,1-2H3. The number of rotatable bonds is 4. The van der Waals surface area contributed by atoms with Gasteiger partial charge in [-0.1, -0.05) is 0 Å². The fraction of sp³-hybridized carbons (Fsp3) is 0.500. The molecule has 3 heterocycles. The van der Waals surface area contributed by atoms with E-state index < -0.39 is 10.0 Å². The largest absolute Gasteiger partial charge is 0.497 e. The molecule has 29 heavy (non-hydrogen) atoms. The molecule has 0 amide bonds. The van der Waals surface area contributed by atoms with E-state index in [1.807, 2.05) is 24.3 Å². The smallest absolute Gasteiger partial charge is 0.211 e. The second-order valence-corrected chi connectivity index (χ2v) is 9.27. The van der Waals surface area contributed by atoms with Crippen molar-refractivity contribution in [2.75, 3.05) is 57.7 Å². The summed E-state index contributed by atoms with van der Waals surface area (Å²) in [6.45, 7) is 3.44. The summed E-state index contributed by atoms with van der Waals surface area (Å²) in [6, 6.07) is 7.72. The van der Waals surface area contributed by atoms with Crippen LogP contribution >= 0.6 is 0 Å². The molecule has 0 atom stereocenters. The summed E-state index contributed by atoms with van der Waals surface area (Å²) in [7, 11) is -1.53. The number of piperazine rings is 1. The predicted octanol–water partition coefficient (Wildman–Crippen LogP) is 1.35. The molecule has 0 saturated carbocycles. The van der Waals surface area contributed by atoms with E-state index in [4.69, 9.17) is 19.4 Å². The van der Waals surface area contributed by atoms with Gasteiger partial charge in [-0.05, 0) is 24.3 Å². The Balaban J connectivity index is 1.70. The predicted molar refractivity (Wildman–Crippen MR) is 111 cm³/mol. The second kappa shape index (κ2) is 8.25. The van der Waals surface area contributed by atoms with Crippen molar-refractivity contribution in [1.82, 2.24) is 14.3 Å². The van der Waals surface area contributed by atoms with E-state index in [0.717, 1.165) is 41.2 Å². The summed E-state index contributed by atoms with van der Waals surface area (Å²) < 4.78 is 36.1. The maximum Gasteiger partial charge on any atom is 0.211 e. The molecule has 0 radical (unpaired) electrons. The van der Waals surface area contributed by atoms with Crippen molar-refractivity contribution < 1.29 is 17.9 Å². The Morgan fingerprint density at radius 1 is 1.00 bits per heavy atom. The maximum absolute atomic E-state index is 11.9. The Labute approximate surface area is 171 Å². The van der Waals surface area contributed by atoms with Gasteiger partial charge in [0.15, 0.2) is 5.82 Å². The quantitative estimate of drug-likeness (QED) is 0.741. The Morgan fingerprint density at radius 2 is 1.69 bits per heavy atom. The lowest BCUT2D eigenvalue weighted by Gasteiger charge is -2.35. The number of ether oxygens (including phenoxy) is 2. The number of nitrogens with zero attached hydrogens (tertiary/aromatic N) is 4. The van der Waals surface area contributed by atoms with Crippen LogP contribution in [0.4, 0.5) is 5.82 Å². The van der Waals surface area contributed by atoms with Crippen LogP contribution in [0.3, 0.4) is 0 Å². The number of methoxy groups -OCH3 is 1. The van der Waals surface area contributed by atoms with Gasteiger partial charge in [0, 0.05) is 50.1 Å². The zero-order valence-corrected chi connectivity index (χ0v) is 17.6. The second-order valence-electron chi connectivity index (χ2n) is 7.29. The van der Waals surface area contributed by atoms with Crippen LogP contribution in [0.25, 0.3) is 11.4 Å². The third kappa shape index (κ3) is 4.36. The Kier molecular flexibility index (Phi) is 5.71. The number of sulfonamides is 1. The Morgan fingerprint density at radius 3 is 2.34 bits per heavy atom. The number of benzene rings is 1. The van der Waals surface area contributed by atoms with Crippen molar-refractivity contribution >= 4 is 15.8 Å². The number of hydrogen-bond donors (Lipinski definition) is 0. The molecule has 2 aromatic rings. The van der Waals surface area contributed by atoms with Crippen LogP contribution in [-0.4, -0.2) is 75.4 Å². The van der Waals surface area contributed by atoms with E-state index in [1.165, 1.54) is 10.6 Å². The zero-order chi connectivity index (χ0) is 20.4. The molecule has 156 valence electrons. The van der Waals surface area contributed by atoms with Crippen molar-refractivity contribution in [3.63, 3.8) is 0 Å². The number of hydrogen-bond acceptors (Lipinski definition) is 7. The fourth-order valence-corrected chi connectivity index (χ4v) is 4.61. The van der Waals surface area contributed by atoms with Crippen molar-refractivity contribution in [1.29, 1.82) is 0 Å². The molecule has 0 spiro atoms. The molecule has 4 rings (SSSR count). The van der Waals surface area contributed by atoms with Gasteiger partial charge in [-0.15, -0.1) is 0 Å². The third-order valence-electron chi connectivity index (χ3n) is 5.41. The van der Waals surface area contributed by atoms with Crippen LogP contribution in [0, 0.1) is 0 Å². The van der Waals surface area contributed by atoms with Gasteiger partial charge < -0.3 is 14.4 Å². The molecule has 2 aliphatic rings. The molecule has 1 aromatic heterocycles. The highest BCUT2D eigenvalue weighted by Crippen LogP contribution is 2.29. The average molecular weight is 419 g/mol. The van der Waals surface area contributed by atoms with Gasteiger partial charge in [0.25, 0.3) is 0 Å². The molecule has 0 bridgehead atoms. The molecule has 0 aliphatic carbocycles. The summed E-state index contributed by atoms with van der Waals surface area (Å²) in [5.41, 5.74) is 3.06. The van der Waals surface area contributed by atoms with Gasteiger partial charge in [0.1, 0.15) is 11.6 Å². The molecule has 2 aliphatic heterocycles. The van der Waals surface area contributed by atoms with E-state index in [0.29, 0.717) is 45.2 Å². The SMILES string of the molecule is COc1ccc(-c2nc3c(c(N4CCN(S(C)(=O)=O)CC4)n2)CCOCC3)cc1. The van der Waals surface area contributed by atoms with Crippen LogP contribution in [0.5, 0.6) is 5.75 Å². The zero-order valence-electron chi connectivity index (χ0n) is 16.8. The fourth-order valence-electron chi connectivity index (χ4n) is 3.79. The number of anilines is 1. The first kappa shape index (κ1) is 20.1. The monoisotopic (exact) mass is 418 g/mol. The lowest BCUT2D eigenvalue weighted by molar-refractivity contribution is 0.146. The minimum atomic E-state index is -3.17. The minimum Gasteiger partial charge on any atom is -0.497 e. The van der Waals surface area contributed by atoms with Gasteiger partial charge in [-0.3, -0.25) is 0 Å². The van der Waals surface area contributed by atoms with E-state index in [-0.39, 0.29) is 0 Å². The van der Waals surface area contributed by atoms with E-state index in [1.54, 1.807) is 7.11 Å². The van der Waals surface area contributed by atoms with Gasteiger partial charge in [0.05, 0.1) is 32.3 Å². The molecule has 1 fully saturated rings. The molecule has 1 saturated heterocycles. The lowest BCUT2D eigenvalue weighted by Crippen LogP contribution is -2.49. The Bertz CT molecular complexity index is 971. The van der Waals surface area contributed by atoms with Crippen LogP contribution in [-0.2, 0) is 27.6 Å². The lowest BCUT2D eigenvalue weighted by atomic mass is 10.1. The molecule has 0 unspecified atom stereocenters. The third-order valence-corrected chi connectivity index (χ3v) is 6.71. The van der Waals surface area contributed by atoms with E-state index >= 15 is 0 Å². The van der Waals surface area contributed by atoms with Crippen LogP contribution in [0.2, 0.25) is 0 Å². The van der Waals surface area contributed by atoms with Crippen LogP contribution in [0.15, 0.2) is 24.3 Å². The molecule has 1 aromatic carbocycles. The summed E-state index contributed by atoms with van der Waals surface area (Å²) in [5, 5.41) is 0. The van der Waals surface area contributed by atoms with Gasteiger partial charge in [-0.2, -0.15) is 4.31 Å². The highest BCUT2D eigenvalue weighted by molar-refractivity contribution is 7.88. The van der Waals surface area contributed by atoms with Gasteiger partial charge in [0.2, 0.25) is 10.0 Å². The summed E-state index contributed by atoms with van der Waals surface area (Å²) in [6.07, 6.45) is 2.77. The normalized spacial score (nSPS) is 18.2. The van der Waals surface area contributed by atoms with Crippen LogP contribution < -0.4 is 9.64 Å². The van der Waals surface area contributed by atoms with Crippen molar-refractivity contribution in [2.45, 2.75) is 12.8 Å². The van der Waals surface area contributed by atoms with Crippen molar-refractivity contribution in [3.8, 4) is 17.1 Å². The van der Waals surface area contributed by atoms with Crippen molar-refractivity contribution in [2.24, 2.45) is 0 Å². The van der Waals surface area contributed by atoms with E-state index in [9.17, 15) is 8.42 Å². The summed E-state index contributed by atoms with van der Waals surface area (Å²) in [5.74, 6) is 2.36. The summed E-state index contributed by atoms with van der Waals surface area (Å²) >= 11 is 0. The first-order chi connectivity index (χ1) is 14.0. The Hall–Kier alpha value is -2.23. The maximum atomic E-state index is 11.9. The first-order valence-corrected chi connectivity index (χ1v) is 11.6. The van der Waals surface area contributed by atoms with Gasteiger partial charge in [-0.25, -0.2) is 18.4 Å². The number of fused-ring (bicyclic) bond motifs is 1. The van der Waals surface area contributed by atoms with Crippen LogP contribution in [0.1, 0.15) is 11.3 Å². The topological polar surface area (TPSA) is 84.9 Å². The molecule has 0 N–H and O–H groups in total. The van der Waals surface area contributed by atoms with Gasteiger partial charge >= 0.3 is 0 Å². The van der Waals surface area contributed by atoms with E-state index in [2.05, 4.69) is 4.90 Å². The highest BCUT2D eigenvalue weighted by Gasteiger charge is 2.27. The minimum absolute atomic E-state index is 0.464.